The van der Waals surface area contributed by atoms with Gasteiger partial charge in [0.1, 0.15) is 11.6 Å². The average molecular weight is 345 g/mol. The predicted octanol–water partition coefficient (Wildman–Crippen LogP) is 3.09. The second kappa shape index (κ2) is 8.28. The Hall–Kier alpha value is -2.89. The molecule has 0 aliphatic rings. The van der Waals surface area contributed by atoms with E-state index >= 15 is 0 Å². The molecule has 0 aromatic heterocycles. The molecule has 0 unspecified atom stereocenters. The Morgan fingerprint density at radius 3 is 2.60 bits per heavy atom. The number of carboxylic acid groups (broad SMARTS) is 1. The molecule has 2 rings (SSSR count). The van der Waals surface area contributed by atoms with Crippen LogP contribution in [0.1, 0.15) is 34.0 Å². The van der Waals surface area contributed by atoms with Gasteiger partial charge < -0.3 is 15.2 Å². The molecule has 6 heteroatoms. The van der Waals surface area contributed by atoms with E-state index < -0.39 is 18.5 Å². The van der Waals surface area contributed by atoms with Crippen LogP contribution in [-0.4, -0.2) is 23.6 Å². The van der Waals surface area contributed by atoms with Gasteiger partial charge in [0.2, 0.25) is 0 Å². The van der Waals surface area contributed by atoms with Gasteiger partial charge in [0.15, 0.2) is 6.61 Å². The number of ether oxygens (including phenoxy) is 1. The van der Waals surface area contributed by atoms with E-state index in [2.05, 4.69) is 5.32 Å². The SMILES string of the molecule is CCc1ccc(OCC(=O)O)c(C(=O)NCc2ccc(C)cc2F)c1. The van der Waals surface area contributed by atoms with Crippen molar-refractivity contribution in [2.75, 3.05) is 6.61 Å². The zero-order valence-corrected chi connectivity index (χ0v) is 14.1. The minimum atomic E-state index is -1.13. The number of carbonyl (C=O) groups excluding carboxylic acids is 1. The highest BCUT2D eigenvalue weighted by molar-refractivity contribution is 5.97. The van der Waals surface area contributed by atoms with Crippen LogP contribution in [-0.2, 0) is 17.8 Å². The van der Waals surface area contributed by atoms with Crippen molar-refractivity contribution in [1.29, 1.82) is 0 Å². The van der Waals surface area contributed by atoms with Gasteiger partial charge in [-0.05, 0) is 42.7 Å². The van der Waals surface area contributed by atoms with E-state index in [1.807, 2.05) is 6.92 Å². The minimum Gasteiger partial charge on any atom is -0.481 e. The molecule has 0 spiro atoms. The Morgan fingerprint density at radius 2 is 1.96 bits per heavy atom. The molecular formula is C19H20FNO4. The standard InChI is InChI=1S/C19H20FNO4/c1-3-13-5-7-17(25-11-18(22)23)15(9-13)19(24)21-10-14-6-4-12(2)8-16(14)20/h4-9H,3,10-11H2,1-2H3,(H,21,24)(H,22,23). The first-order valence-electron chi connectivity index (χ1n) is 7.91. The monoisotopic (exact) mass is 345 g/mol. The molecule has 2 aromatic rings. The first-order chi connectivity index (χ1) is 11.9. The molecular weight excluding hydrogens is 325 g/mol. The summed E-state index contributed by atoms with van der Waals surface area (Å²) in [6.07, 6.45) is 0.714. The van der Waals surface area contributed by atoms with Crippen LogP contribution in [0.25, 0.3) is 0 Å². The van der Waals surface area contributed by atoms with Crippen LogP contribution in [0.3, 0.4) is 0 Å². The van der Waals surface area contributed by atoms with Crippen molar-refractivity contribution in [2.24, 2.45) is 0 Å². The molecule has 5 nitrogen and oxygen atoms in total. The lowest BCUT2D eigenvalue weighted by molar-refractivity contribution is -0.139. The van der Waals surface area contributed by atoms with E-state index in [0.29, 0.717) is 12.0 Å². The number of aryl methyl sites for hydroxylation is 2. The summed E-state index contributed by atoms with van der Waals surface area (Å²) in [5, 5.41) is 11.4. The summed E-state index contributed by atoms with van der Waals surface area (Å²) in [4.78, 5) is 23.2. The third kappa shape index (κ3) is 5.04. The van der Waals surface area contributed by atoms with E-state index in [1.165, 1.54) is 6.07 Å². The lowest BCUT2D eigenvalue weighted by atomic mass is 10.1. The minimum absolute atomic E-state index is 0.0275. The number of hydrogen-bond donors (Lipinski definition) is 2. The van der Waals surface area contributed by atoms with Gasteiger partial charge in [-0.25, -0.2) is 9.18 Å². The highest BCUT2D eigenvalue weighted by atomic mass is 19.1. The van der Waals surface area contributed by atoms with Crippen LogP contribution in [0.15, 0.2) is 36.4 Å². The van der Waals surface area contributed by atoms with Gasteiger partial charge in [0.25, 0.3) is 5.91 Å². The molecule has 25 heavy (non-hydrogen) atoms. The van der Waals surface area contributed by atoms with Crippen molar-refractivity contribution in [2.45, 2.75) is 26.8 Å². The van der Waals surface area contributed by atoms with Gasteiger partial charge in [-0.2, -0.15) is 0 Å². The Labute approximate surface area is 145 Å². The summed E-state index contributed by atoms with van der Waals surface area (Å²) in [5.41, 5.74) is 2.31. The fourth-order valence-electron chi connectivity index (χ4n) is 2.31. The molecule has 0 aliphatic carbocycles. The second-order valence-electron chi connectivity index (χ2n) is 5.64. The van der Waals surface area contributed by atoms with E-state index in [1.54, 1.807) is 37.3 Å². The van der Waals surface area contributed by atoms with Gasteiger partial charge in [-0.3, -0.25) is 4.79 Å². The van der Waals surface area contributed by atoms with Crippen molar-refractivity contribution in [1.82, 2.24) is 5.32 Å². The molecule has 0 saturated heterocycles. The van der Waals surface area contributed by atoms with Gasteiger partial charge >= 0.3 is 5.97 Å². The van der Waals surface area contributed by atoms with Crippen molar-refractivity contribution in [3.8, 4) is 5.75 Å². The van der Waals surface area contributed by atoms with Crippen LogP contribution < -0.4 is 10.1 Å². The van der Waals surface area contributed by atoms with Crippen molar-refractivity contribution < 1.29 is 23.8 Å². The maximum Gasteiger partial charge on any atom is 0.341 e. The van der Waals surface area contributed by atoms with Crippen molar-refractivity contribution in [3.05, 3.63) is 64.5 Å². The first kappa shape index (κ1) is 18.4. The molecule has 1 amide bonds. The van der Waals surface area contributed by atoms with E-state index in [9.17, 15) is 14.0 Å². The number of carbonyl (C=O) groups is 2. The molecule has 132 valence electrons. The normalized spacial score (nSPS) is 10.4. The molecule has 2 aromatic carbocycles. The summed E-state index contributed by atoms with van der Waals surface area (Å²) >= 11 is 0. The van der Waals surface area contributed by atoms with E-state index in [4.69, 9.17) is 9.84 Å². The summed E-state index contributed by atoms with van der Waals surface area (Å²) in [7, 11) is 0. The second-order valence-corrected chi connectivity index (χ2v) is 5.64. The van der Waals surface area contributed by atoms with Crippen molar-refractivity contribution >= 4 is 11.9 Å². The molecule has 0 fully saturated rings. The Bertz CT molecular complexity index is 789. The molecule has 0 saturated carbocycles. The van der Waals surface area contributed by atoms with Gasteiger partial charge in [0, 0.05) is 12.1 Å². The van der Waals surface area contributed by atoms with Crippen molar-refractivity contribution in [3.63, 3.8) is 0 Å². The molecule has 0 heterocycles. The number of halogens is 1. The zero-order valence-electron chi connectivity index (χ0n) is 14.1. The summed E-state index contributed by atoms with van der Waals surface area (Å²) in [5.74, 6) is -1.78. The Balaban J connectivity index is 2.17. The summed E-state index contributed by atoms with van der Waals surface area (Å²) in [6.45, 7) is 3.21. The number of nitrogens with one attached hydrogen (secondary N) is 1. The smallest absolute Gasteiger partial charge is 0.341 e. The maximum absolute atomic E-state index is 13.9. The average Bonchev–Trinajstić information content (AvgIpc) is 2.58. The van der Waals surface area contributed by atoms with Crippen LogP contribution in [0.5, 0.6) is 5.75 Å². The molecule has 0 aliphatic heterocycles. The lowest BCUT2D eigenvalue weighted by Gasteiger charge is -2.12. The Kier molecular flexibility index (Phi) is 6.11. The third-order valence-corrected chi connectivity index (χ3v) is 3.70. The molecule has 0 bridgehead atoms. The largest absolute Gasteiger partial charge is 0.481 e. The van der Waals surface area contributed by atoms with E-state index in [0.717, 1.165) is 11.1 Å². The number of amides is 1. The number of aliphatic carboxylic acids is 1. The fraction of sp³-hybridized carbons (Fsp3) is 0.263. The van der Waals surface area contributed by atoms with Crippen LogP contribution in [0, 0.1) is 12.7 Å². The van der Waals surface area contributed by atoms with Gasteiger partial charge in [-0.1, -0.05) is 25.1 Å². The highest BCUT2D eigenvalue weighted by Gasteiger charge is 2.15. The fourth-order valence-corrected chi connectivity index (χ4v) is 2.31. The zero-order chi connectivity index (χ0) is 18.4. The first-order valence-corrected chi connectivity index (χ1v) is 7.91. The van der Waals surface area contributed by atoms with Crippen LogP contribution >= 0.6 is 0 Å². The topological polar surface area (TPSA) is 75.6 Å². The molecule has 0 radical (unpaired) electrons. The van der Waals surface area contributed by atoms with Gasteiger partial charge in [-0.15, -0.1) is 0 Å². The predicted molar refractivity (Wildman–Crippen MR) is 91.3 cm³/mol. The van der Waals surface area contributed by atoms with Crippen LogP contribution in [0.4, 0.5) is 4.39 Å². The van der Waals surface area contributed by atoms with E-state index in [-0.39, 0.29) is 23.7 Å². The number of rotatable bonds is 7. The van der Waals surface area contributed by atoms with Crippen LogP contribution in [0.2, 0.25) is 0 Å². The Morgan fingerprint density at radius 1 is 1.20 bits per heavy atom. The summed E-state index contributed by atoms with van der Waals surface area (Å²) in [6, 6.07) is 9.79. The maximum atomic E-state index is 13.9. The molecule has 2 N–H and O–H groups in total. The molecule has 0 atom stereocenters. The quantitative estimate of drug-likeness (QED) is 0.809. The highest BCUT2D eigenvalue weighted by Crippen LogP contribution is 2.21. The number of carboxylic acids is 1. The number of hydrogen-bond acceptors (Lipinski definition) is 3. The third-order valence-electron chi connectivity index (χ3n) is 3.70. The van der Waals surface area contributed by atoms with Gasteiger partial charge in [0.05, 0.1) is 5.56 Å². The lowest BCUT2D eigenvalue weighted by Crippen LogP contribution is -2.24. The summed E-state index contributed by atoms with van der Waals surface area (Å²) < 4.78 is 19.0. The number of benzene rings is 2.